The number of amides is 1. The molecule has 3 heterocycles. The molecule has 9 nitrogen and oxygen atoms in total. The van der Waals surface area contributed by atoms with E-state index in [-0.39, 0.29) is 34.3 Å². The molecule has 0 radical (unpaired) electrons. The van der Waals surface area contributed by atoms with E-state index in [9.17, 15) is 13.2 Å². The van der Waals surface area contributed by atoms with Gasteiger partial charge in [-0.2, -0.15) is 4.31 Å². The molecule has 4 aromatic rings. The van der Waals surface area contributed by atoms with Crippen LogP contribution in [-0.4, -0.2) is 79.6 Å². The number of ether oxygens (including phenoxy) is 1. The molecule has 12 heteroatoms. The zero-order valence-corrected chi connectivity index (χ0v) is 28.4. The van der Waals surface area contributed by atoms with Crippen molar-refractivity contribution in [1.29, 1.82) is 0 Å². The Labute approximate surface area is 279 Å². The number of aromatic nitrogens is 1. The first-order valence-electron chi connectivity index (χ1n) is 15.6. The smallest absolute Gasteiger partial charge is 0.410 e. The number of rotatable bonds is 12. The molecule has 6 rings (SSSR count). The SMILES string of the molecule is CCN(C(=O)OCc1ccccc1)C1CCN(C[C@@H]2C[C@@]2(CN(C)S(=O)(=O)c2ccc(-c3ccon3)s2)c2cccc(Cl)c2)CC1. The van der Waals surface area contributed by atoms with E-state index >= 15 is 0 Å². The second-order valence-electron chi connectivity index (χ2n) is 12.2. The van der Waals surface area contributed by atoms with Crippen molar-refractivity contribution >= 4 is 39.1 Å². The van der Waals surface area contributed by atoms with Gasteiger partial charge < -0.3 is 19.1 Å². The van der Waals surface area contributed by atoms with Gasteiger partial charge in [-0.1, -0.05) is 59.2 Å². The van der Waals surface area contributed by atoms with Crippen molar-refractivity contribution < 1.29 is 22.5 Å². The Bertz CT molecular complexity index is 1720. The molecule has 1 aliphatic carbocycles. The molecule has 2 fully saturated rings. The van der Waals surface area contributed by atoms with Gasteiger partial charge in [0, 0.05) is 62.3 Å². The van der Waals surface area contributed by atoms with Crippen molar-refractivity contribution in [2.75, 3.05) is 39.8 Å². The number of halogens is 1. The van der Waals surface area contributed by atoms with E-state index in [0.717, 1.165) is 54.9 Å². The summed E-state index contributed by atoms with van der Waals surface area (Å²) < 4.78 is 39.8. The quantitative estimate of drug-likeness (QED) is 0.163. The summed E-state index contributed by atoms with van der Waals surface area (Å²) in [6, 6.07) is 22.8. The van der Waals surface area contributed by atoms with Gasteiger partial charge in [0.2, 0.25) is 0 Å². The van der Waals surface area contributed by atoms with Crippen LogP contribution in [0.3, 0.4) is 0 Å². The number of nitrogens with zero attached hydrogens (tertiary/aromatic N) is 4. The normalized spacial score (nSPS) is 20.6. The van der Waals surface area contributed by atoms with Crippen LogP contribution in [0.25, 0.3) is 10.6 Å². The summed E-state index contributed by atoms with van der Waals surface area (Å²) in [5, 5.41) is 4.58. The molecule has 2 aromatic heterocycles. The first-order valence-corrected chi connectivity index (χ1v) is 18.3. The summed E-state index contributed by atoms with van der Waals surface area (Å²) in [7, 11) is -2.07. The van der Waals surface area contributed by atoms with Crippen LogP contribution >= 0.6 is 22.9 Å². The number of hydrogen-bond acceptors (Lipinski definition) is 8. The van der Waals surface area contributed by atoms with Crippen LogP contribution in [0.4, 0.5) is 4.79 Å². The summed E-state index contributed by atoms with van der Waals surface area (Å²) in [4.78, 5) is 18.0. The van der Waals surface area contributed by atoms with Crippen molar-refractivity contribution in [2.24, 2.45) is 5.92 Å². The maximum atomic E-state index is 13.7. The summed E-state index contributed by atoms with van der Waals surface area (Å²) in [6.45, 7) is 5.80. The van der Waals surface area contributed by atoms with Gasteiger partial charge in [-0.15, -0.1) is 11.3 Å². The van der Waals surface area contributed by atoms with Crippen molar-refractivity contribution in [1.82, 2.24) is 19.3 Å². The highest BCUT2D eigenvalue weighted by Gasteiger charge is 2.57. The average molecular weight is 683 g/mol. The van der Waals surface area contributed by atoms with E-state index in [1.165, 1.54) is 21.9 Å². The van der Waals surface area contributed by atoms with Crippen molar-refractivity contribution in [2.45, 2.75) is 48.5 Å². The second kappa shape index (κ2) is 13.9. The lowest BCUT2D eigenvalue weighted by atomic mass is 9.92. The molecule has 2 aliphatic rings. The highest BCUT2D eigenvalue weighted by atomic mass is 35.5. The summed E-state index contributed by atoms with van der Waals surface area (Å²) in [6.07, 6.45) is 3.81. The predicted molar refractivity (Wildman–Crippen MR) is 179 cm³/mol. The molecule has 0 N–H and O–H groups in total. The van der Waals surface area contributed by atoms with Gasteiger partial charge in [0.15, 0.2) is 0 Å². The number of likely N-dealkylation sites (tertiary alicyclic amines) is 1. The zero-order chi connectivity index (χ0) is 32.3. The van der Waals surface area contributed by atoms with Gasteiger partial charge in [-0.3, -0.25) is 0 Å². The fourth-order valence-electron chi connectivity index (χ4n) is 6.69. The van der Waals surface area contributed by atoms with Crippen LogP contribution in [0.5, 0.6) is 0 Å². The lowest BCUT2D eigenvalue weighted by molar-refractivity contribution is 0.0620. The van der Waals surface area contributed by atoms with Gasteiger partial charge in [0.1, 0.15) is 22.8 Å². The largest absolute Gasteiger partial charge is 0.445 e. The van der Waals surface area contributed by atoms with E-state index in [1.807, 2.05) is 60.4 Å². The highest BCUT2D eigenvalue weighted by Crippen LogP contribution is 2.56. The molecule has 2 aromatic carbocycles. The maximum Gasteiger partial charge on any atom is 0.410 e. The van der Waals surface area contributed by atoms with E-state index in [1.54, 1.807) is 25.2 Å². The fourth-order valence-corrected chi connectivity index (χ4v) is 9.60. The van der Waals surface area contributed by atoms with Gasteiger partial charge in [0.25, 0.3) is 10.0 Å². The molecular weight excluding hydrogens is 644 g/mol. The lowest BCUT2D eigenvalue weighted by Gasteiger charge is -2.38. The van der Waals surface area contributed by atoms with Crippen molar-refractivity contribution in [3.8, 4) is 10.6 Å². The van der Waals surface area contributed by atoms with E-state index < -0.39 is 10.0 Å². The molecule has 1 aliphatic heterocycles. The fraction of sp³-hybridized carbons (Fsp3) is 0.412. The number of hydrogen-bond donors (Lipinski definition) is 0. The molecule has 1 saturated heterocycles. The molecule has 244 valence electrons. The second-order valence-corrected chi connectivity index (χ2v) is 16.0. The number of piperidine rings is 1. The number of likely N-dealkylation sites (N-methyl/N-ethyl adjacent to an activating group) is 1. The number of thiophene rings is 1. The van der Waals surface area contributed by atoms with E-state index in [2.05, 4.69) is 16.1 Å². The van der Waals surface area contributed by atoms with Crippen LogP contribution in [0.1, 0.15) is 37.3 Å². The van der Waals surface area contributed by atoms with Gasteiger partial charge in [0.05, 0.1) is 4.88 Å². The minimum Gasteiger partial charge on any atom is -0.445 e. The standard InChI is InChI=1S/C34H39ClN4O5S2/c1-3-39(33(40)43-23-25-8-5-4-6-9-25)29-14-17-38(18-15-29)22-27-21-34(27,26-10-7-11-28(35)20-26)24-37(2)46(41,42)32-13-12-31(45-32)30-16-19-44-36-30/h4-13,16,19-20,27,29H,3,14-15,17-18,21-24H2,1-2H3/t27-,34+/m0/s1. The number of sulfonamides is 1. The van der Waals surface area contributed by atoms with Crippen LogP contribution in [0.2, 0.25) is 5.02 Å². The lowest BCUT2D eigenvalue weighted by Crippen LogP contribution is -2.48. The Morgan fingerprint density at radius 2 is 1.89 bits per heavy atom. The highest BCUT2D eigenvalue weighted by molar-refractivity contribution is 7.91. The third kappa shape index (κ3) is 7.03. The third-order valence-electron chi connectivity index (χ3n) is 9.33. The van der Waals surface area contributed by atoms with Crippen molar-refractivity contribution in [3.63, 3.8) is 0 Å². The molecule has 2 atom stereocenters. The maximum absolute atomic E-state index is 13.7. The molecular formula is C34H39ClN4O5S2. The summed E-state index contributed by atoms with van der Waals surface area (Å²) in [5.41, 5.74) is 2.31. The number of carbonyl (C=O) groups excluding carboxylic acids is 1. The monoisotopic (exact) mass is 682 g/mol. The Kier molecular flexibility index (Phi) is 9.86. The first kappa shape index (κ1) is 32.7. The summed E-state index contributed by atoms with van der Waals surface area (Å²) in [5.74, 6) is 0.271. The number of benzene rings is 2. The van der Waals surface area contributed by atoms with Gasteiger partial charge >= 0.3 is 6.09 Å². The number of carbonyl (C=O) groups is 1. The molecule has 1 amide bonds. The first-order chi connectivity index (χ1) is 22.2. The molecule has 0 unspecified atom stereocenters. The Morgan fingerprint density at radius 1 is 1.11 bits per heavy atom. The minimum atomic E-state index is -3.73. The van der Waals surface area contributed by atoms with Gasteiger partial charge in [-0.05, 0) is 67.5 Å². The van der Waals surface area contributed by atoms with E-state index in [0.29, 0.717) is 23.8 Å². The molecule has 1 saturated carbocycles. The zero-order valence-electron chi connectivity index (χ0n) is 26.0. The molecule has 0 spiro atoms. The van der Waals surface area contributed by atoms with Crippen LogP contribution < -0.4 is 0 Å². The molecule has 46 heavy (non-hydrogen) atoms. The van der Waals surface area contributed by atoms with Crippen LogP contribution in [0.15, 0.2) is 87.8 Å². The Hall–Kier alpha value is -3.22. The summed E-state index contributed by atoms with van der Waals surface area (Å²) >= 11 is 7.63. The Morgan fingerprint density at radius 3 is 2.59 bits per heavy atom. The van der Waals surface area contributed by atoms with Gasteiger partial charge in [-0.25, -0.2) is 13.2 Å². The average Bonchev–Trinajstić information content (AvgIpc) is 3.43. The molecule has 0 bridgehead atoms. The van der Waals surface area contributed by atoms with Crippen LogP contribution in [0, 0.1) is 5.92 Å². The Balaban J connectivity index is 1.09. The van der Waals surface area contributed by atoms with Crippen molar-refractivity contribution in [3.05, 3.63) is 95.2 Å². The predicted octanol–water partition coefficient (Wildman–Crippen LogP) is 6.76. The van der Waals surface area contributed by atoms with Crippen LogP contribution in [-0.2, 0) is 26.8 Å². The minimum absolute atomic E-state index is 0.130. The van der Waals surface area contributed by atoms with E-state index in [4.69, 9.17) is 20.9 Å². The topological polar surface area (TPSA) is 96.2 Å². The third-order valence-corrected chi connectivity index (χ3v) is 12.9.